The highest BCUT2D eigenvalue weighted by atomic mass is 35.5. The largest absolute Gasteiger partial charge is 0.452 e. The quantitative estimate of drug-likeness (QED) is 0.0338. The zero-order valence-electron chi connectivity index (χ0n) is 60.3. The molecule has 15 atom stereocenters. The maximum atomic E-state index is 15.2. The van der Waals surface area contributed by atoms with Crippen LogP contribution in [0, 0.1) is 0 Å². The summed E-state index contributed by atoms with van der Waals surface area (Å²) in [5, 5.41) is 0.753. The molecule has 3 fully saturated rings. The number of esters is 2. The summed E-state index contributed by atoms with van der Waals surface area (Å²) in [7, 11) is 1.53. The van der Waals surface area contributed by atoms with Gasteiger partial charge in [-0.1, -0.05) is 266 Å². The number of carbonyl (C=O) groups excluding carboxylic acids is 2. The fourth-order valence-electron chi connectivity index (χ4n) is 13.3. The molecule has 3 aliphatic heterocycles. The molecule has 20 heteroatoms. The van der Waals surface area contributed by atoms with Crippen LogP contribution in [0.1, 0.15) is 65.2 Å². The van der Waals surface area contributed by atoms with Crippen LogP contribution in [0.4, 0.5) is 0 Å². The highest BCUT2D eigenvalue weighted by Crippen LogP contribution is 2.38. The molecule has 0 aromatic heterocycles. The van der Waals surface area contributed by atoms with Gasteiger partial charge in [0.1, 0.15) is 61.0 Å². The first kappa shape index (κ1) is 78.3. The van der Waals surface area contributed by atoms with Crippen molar-refractivity contribution in [2.24, 2.45) is 0 Å². The van der Waals surface area contributed by atoms with Crippen LogP contribution in [0.2, 0.25) is 10.0 Å². The number of methoxy groups -OCH3 is 1. The van der Waals surface area contributed by atoms with Crippen LogP contribution >= 0.6 is 23.2 Å². The molecular formula is C89H88Cl2O18. The Bertz CT molecular complexity index is 4290. The Morgan fingerprint density at radius 1 is 0.266 bits per heavy atom. The molecule has 3 heterocycles. The van der Waals surface area contributed by atoms with Crippen molar-refractivity contribution >= 4 is 35.1 Å². The standard InChI is InChI=1S/C89H88Cl2O18/c1-94-87-82(101-56-67-38-22-8-23-39-67)79(99-54-65-34-18-6-19-35-65)77(97-52-63-30-14-4-15-31-63)74(105-87)59-104-89-84(109-86(93)70-44-48-72(91)49-45-70)81(108-85(92)69-42-46-71(90)47-43-69)78(98-53-64-32-16-5-17-33-64)75(107-89)60-103-88-83(102-57-68-40-24-9-25-41-68)80(100-55-66-36-20-7-21-37-66)76(96-51-62-28-12-3-13-29-62)73(106-88)58-95-50-61-26-10-2-11-27-61/h2-49,73-84,87-89H,50-60H2,1H3/t73-,74-,75-,76-,77-,78-,79+,80+,81+,82-,83-,84-,87+,88+,89-/m1/s1. The van der Waals surface area contributed by atoms with Crippen molar-refractivity contribution in [1.29, 1.82) is 0 Å². The Balaban J connectivity index is 0.903. The predicted molar refractivity (Wildman–Crippen MR) is 407 cm³/mol. The van der Waals surface area contributed by atoms with Gasteiger partial charge in [-0.25, -0.2) is 9.59 Å². The van der Waals surface area contributed by atoms with E-state index in [0.29, 0.717) is 10.0 Å². The summed E-state index contributed by atoms with van der Waals surface area (Å²) in [5.41, 5.74) is 7.27. The summed E-state index contributed by atoms with van der Waals surface area (Å²) >= 11 is 12.9. The van der Waals surface area contributed by atoms with Crippen LogP contribution in [-0.2, 0) is 129 Å². The van der Waals surface area contributed by atoms with Gasteiger partial charge >= 0.3 is 11.9 Å². The normalized spacial score (nSPS) is 24.0. The Morgan fingerprint density at radius 3 is 0.835 bits per heavy atom. The van der Waals surface area contributed by atoms with E-state index in [4.69, 9.17) is 99.0 Å². The number of hydrogen-bond acceptors (Lipinski definition) is 18. The summed E-state index contributed by atoms with van der Waals surface area (Å²) < 4.78 is 112. The summed E-state index contributed by atoms with van der Waals surface area (Å²) in [4.78, 5) is 30.2. The van der Waals surface area contributed by atoms with Crippen molar-refractivity contribution < 1.29 is 85.4 Å². The smallest absolute Gasteiger partial charge is 0.338 e. The molecule has 0 spiro atoms. The topological polar surface area (TPSA) is 182 Å². The fraction of sp³-hybridized carbons (Fsp3) is 0.303. The second-order valence-electron chi connectivity index (χ2n) is 26.6. The second kappa shape index (κ2) is 40.7. The van der Waals surface area contributed by atoms with E-state index in [1.165, 1.54) is 31.4 Å². The number of carbonyl (C=O) groups is 2. The molecule has 0 aliphatic carbocycles. The van der Waals surface area contributed by atoms with Crippen LogP contribution in [-0.4, -0.2) is 131 Å². The van der Waals surface area contributed by atoms with Crippen molar-refractivity contribution in [3.63, 3.8) is 0 Å². The van der Waals surface area contributed by atoms with Crippen LogP contribution in [0.25, 0.3) is 0 Å². The summed E-state index contributed by atoms with van der Waals surface area (Å²) in [6.45, 7) is 0.352. The minimum atomic E-state index is -1.64. The Hall–Kier alpha value is -8.84. The van der Waals surface area contributed by atoms with Gasteiger partial charge < -0.3 is 75.8 Å². The zero-order valence-corrected chi connectivity index (χ0v) is 61.8. The molecule has 0 unspecified atom stereocenters. The molecule has 3 saturated heterocycles. The van der Waals surface area contributed by atoms with Crippen molar-refractivity contribution in [3.8, 4) is 0 Å². The highest BCUT2D eigenvalue weighted by Gasteiger charge is 2.56. The van der Waals surface area contributed by atoms with Crippen LogP contribution in [0.15, 0.2) is 291 Å². The molecule has 18 nitrogen and oxygen atoms in total. The molecule has 0 radical (unpaired) electrons. The third-order valence-corrected chi connectivity index (χ3v) is 19.4. The fourth-order valence-corrected chi connectivity index (χ4v) is 13.5. The Morgan fingerprint density at radius 2 is 0.514 bits per heavy atom. The van der Waals surface area contributed by atoms with Gasteiger partial charge in [-0.2, -0.15) is 0 Å². The molecule has 0 N–H and O–H groups in total. The number of halogens is 2. The minimum absolute atomic E-state index is 0.0220. The van der Waals surface area contributed by atoms with E-state index in [9.17, 15) is 0 Å². The van der Waals surface area contributed by atoms with Gasteiger partial charge in [-0.3, -0.25) is 0 Å². The highest BCUT2D eigenvalue weighted by molar-refractivity contribution is 6.31. The molecule has 0 amide bonds. The third kappa shape index (κ3) is 22.5. The lowest BCUT2D eigenvalue weighted by molar-refractivity contribution is -0.355. The number of ether oxygens (including phenoxy) is 16. The van der Waals surface area contributed by atoms with E-state index in [2.05, 4.69) is 0 Å². The molecular weight excluding hydrogens is 1430 g/mol. The Kier molecular flexibility index (Phi) is 29.3. The minimum Gasteiger partial charge on any atom is -0.452 e. The molecule has 0 bridgehead atoms. The average molecular weight is 1520 g/mol. The summed E-state index contributed by atoms with van der Waals surface area (Å²) in [5.74, 6) is -1.66. The van der Waals surface area contributed by atoms with Crippen molar-refractivity contribution in [2.45, 2.75) is 145 Å². The van der Waals surface area contributed by atoms with E-state index in [1.54, 1.807) is 24.3 Å². The van der Waals surface area contributed by atoms with E-state index in [0.717, 1.165) is 44.5 Å². The van der Waals surface area contributed by atoms with E-state index < -0.39 is 104 Å². The third-order valence-electron chi connectivity index (χ3n) is 18.9. The number of benzene rings is 10. The average Bonchev–Trinajstić information content (AvgIpc) is 0.763. The van der Waals surface area contributed by atoms with Gasteiger partial charge in [0.15, 0.2) is 31.1 Å². The van der Waals surface area contributed by atoms with E-state index >= 15 is 9.59 Å². The number of rotatable bonds is 36. The van der Waals surface area contributed by atoms with Gasteiger partial charge in [0.05, 0.1) is 83.8 Å². The van der Waals surface area contributed by atoms with Gasteiger partial charge in [-0.05, 0) is 93.0 Å². The number of hydrogen-bond donors (Lipinski definition) is 0. The molecule has 10 aromatic rings. The first-order valence-electron chi connectivity index (χ1n) is 36.5. The monoisotopic (exact) mass is 1510 g/mol. The lowest BCUT2D eigenvalue weighted by Gasteiger charge is -2.48. The molecule has 566 valence electrons. The molecule has 13 rings (SSSR count). The van der Waals surface area contributed by atoms with Crippen LogP contribution < -0.4 is 0 Å². The summed E-state index contributed by atoms with van der Waals surface area (Å²) in [6.07, 6.45) is -17.2. The second-order valence-corrected chi connectivity index (χ2v) is 27.5. The lowest BCUT2D eigenvalue weighted by Crippen LogP contribution is -2.65. The van der Waals surface area contributed by atoms with Crippen molar-refractivity contribution in [2.75, 3.05) is 26.9 Å². The SMILES string of the molecule is CO[C@H]1O[C@H](CO[C@@H]2O[C@H](CO[C@H]3O[C@H](COCc4ccccc4)[C@@H](OCc4ccccc4)[C@H](OCc4ccccc4)[C@H]3OCc3ccccc3)[C@@H](OCc3ccccc3)[C@H](OC(=O)c3ccc(Cl)cc3)[C@H]2OC(=O)c2ccc(Cl)cc2)[C@@H](OCc2ccccc2)[C@H](OCc2ccccc2)[C@H]1OCc1ccccc1. The van der Waals surface area contributed by atoms with Gasteiger partial charge in [0.2, 0.25) is 0 Å². The van der Waals surface area contributed by atoms with Crippen molar-refractivity contribution in [1.82, 2.24) is 0 Å². The lowest BCUT2D eigenvalue weighted by atomic mass is 9.96. The molecule has 0 saturated carbocycles. The zero-order chi connectivity index (χ0) is 74.8. The molecule has 109 heavy (non-hydrogen) atoms. The first-order valence-corrected chi connectivity index (χ1v) is 37.3. The summed E-state index contributed by atoms with van der Waals surface area (Å²) in [6, 6.07) is 90.4. The van der Waals surface area contributed by atoms with E-state index in [1.807, 2.05) is 243 Å². The molecule has 10 aromatic carbocycles. The predicted octanol–water partition coefficient (Wildman–Crippen LogP) is 15.9. The maximum Gasteiger partial charge on any atom is 0.338 e. The first-order chi connectivity index (χ1) is 53.6. The van der Waals surface area contributed by atoms with Gasteiger partial charge in [0, 0.05) is 17.2 Å². The van der Waals surface area contributed by atoms with Gasteiger partial charge in [0.25, 0.3) is 0 Å². The van der Waals surface area contributed by atoms with Gasteiger partial charge in [-0.15, -0.1) is 0 Å². The Labute approximate surface area is 645 Å². The molecule has 3 aliphatic rings. The van der Waals surface area contributed by atoms with E-state index in [-0.39, 0.29) is 83.8 Å². The van der Waals surface area contributed by atoms with Crippen molar-refractivity contribution in [3.05, 3.63) is 357 Å². The maximum absolute atomic E-state index is 15.2. The van der Waals surface area contributed by atoms with Crippen LogP contribution in [0.5, 0.6) is 0 Å². The van der Waals surface area contributed by atoms with Crippen LogP contribution in [0.3, 0.4) is 0 Å².